The van der Waals surface area contributed by atoms with Crippen molar-refractivity contribution in [2.45, 2.75) is 52.5 Å². The van der Waals surface area contributed by atoms with E-state index in [0.717, 1.165) is 41.8 Å². The van der Waals surface area contributed by atoms with Crippen LogP contribution in [0, 0.1) is 6.92 Å². The van der Waals surface area contributed by atoms with Crippen molar-refractivity contribution in [1.29, 1.82) is 0 Å². The van der Waals surface area contributed by atoms with Gasteiger partial charge >= 0.3 is 0 Å². The van der Waals surface area contributed by atoms with E-state index < -0.39 is 0 Å². The number of carbonyl (C=O) groups is 2. The first-order chi connectivity index (χ1) is 13.9. The molecule has 29 heavy (non-hydrogen) atoms. The predicted molar refractivity (Wildman–Crippen MR) is 113 cm³/mol. The highest BCUT2D eigenvalue weighted by atomic mass is 16.5. The van der Waals surface area contributed by atoms with Gasteiger partial charge in [0.05, 0.1) is 12.3 Å². The van der Waals surface area contributed by atoms with Crippen LogP contribution in [0.4, 0.5) is 5.69 Å². The highest BCUT2D eigenvalue weighted by Crippen LogP contribution is 2.28. The molecule has 0 atom stereocenters. The number of nitrogens with zero attached hydrogens (tertiary/aromatic N) is 2. The summed E-state index contributed by atoms with van der Waals surface area (Å²) in [5, 5.41) is 5.87. The van der Waals surface area contributed by atoms with E-state index in [4.69, 9.17) is 4.74 Å². The number of aromatic nitrogens is 2. The van der Waals surface area contributed by atoms with Crippen LogP contribution < -0.4 is 10.6 Å². The van der Waals surface area contributed by atoms with Gasteiger partial charge in [-0.15, -0.1) is 0 Å². The number of nitrogens with one attached hydrogen (secondary N) is 2. The van der Waals surface area contributed by atoms with Crippen LogP contribution in [0.5, 0.6) is 0 Å². The van der Waals surface area contributed by atoms with Crippen molar-refractivity contribution in [2.75, 3.05) is 25.6 Å². The number of carbonyl (C=O) groups excluding carboxylic acids is 2. The number of para-hydroxylation sites is 1. The van der Waals surface area contributed by atoms with Crippen LogP contribution in [0.1, 0.15) is 70.5 Å². The van der Waals surface area contributed by atoms with Gasteiger partial charge in [0, 0.05) is 25.9 Å². The van der Waals surface area contributed by atoms with Crippen LogP contribution in [-0.2, 0) is 17.7 Å². The molecule has 2 N–H and O–H groups in total. The van der Waals surface area contributed by atoms with Crippen LogP contribution in [0.3, 0.4) is 0 Å². The molecule has 0 saturated heterocycles. The van der Waals surface area contributed by atoms with Crippen molar-refractivity contribution < 1.29 is 14.3 Å². The van der Waals surface area contributed by atoms with Crippen molar-refractivity contribution in [3.8, 4) is 0 Å². The number of fused-ring (bicyclic) bond motifs is 1. The zero-order chi connectivity index (χ0) is 21.0. The molecule has 1 aromatic carbocycles. The standard InChI is InChI=1S/C22H30N4O3/c1-14(2)16-9-7-8-15(3)18(16)25-22(28)20-24-19(21(27)23-11-13-29-4)17-10-5-6-12-26(17)20/h7-9,14H,5-6,10-13H2,1-4H3,(H,23,27)(H,25,28). The second kappa shape index (κ2) is 9.22. The summed E-state index contributed by atoms with van der Waals surface area (Å²) in [7, 11) is 1.59. The molecule has 156 valence electrons. The first-order valence-electron chi connectivity index (χ1n) is 10.2. The number of amides is 2. The van der Waals surface area contributed by atoms with E-state index in [2.05, 4.69) is 29.5 Å². The van der Waals surface area contributed by atoms with Crippen molar-refractivity contribution in [3.05, 3.63) is 46.5 Å². The second-order valence-corrected chi connectivity index (χ2v) is 7.74. The first kappa shape index (κ1) is 21.0. The lowest BCUT2D eigenvalue weighted by Crippen LogP contribution is -2.28. The Balaban J connectivity index is 1.91. The molecular weight excluding hydrogens is 368 g/mol. The summed E-state index contributed by atoms with van der Waals surface area (Å²) in [6, 6.07) is 6.01. The fourth-order valence-electron chi connectivity index (χ4n) is 3.76. The summed E-state index contributed by atoms with van der Waals surface area (Å²) in [5.74, 6) is 0.0434. The molecule has 0 aliphatic carbocycles. The van der Waals surface area contributed by atoms with E-state index in [-0.39, 0.29) is 17.7 Å². The van der Waals surface area contributed by atoms with Crippen molar-refractivity contribution in [3.63, 3.8) is 0 Å². The number of ether oxygens (including phenoxy) is 1. The summed E-state index contributed by atoms with van der Waals surface area (Å²) >= 11 is 0. The lowest BCUT2D eigenvalue weighted by Gasteiger charge is -2.19. The van der Waals surface area contributed by atoms with Gasteiger partial charge in [-0.1, -0.05) is 32.0 Å². The highest BCUT2D eigenvalue weighted by molar-refractivity contribution is 6.04. The third-order valence-corrected chi connectivity index (χ3v) is 5.29. The monoisotopic (exact) mass is 398 g/mol. The molecule has 1 aliphatic heterocycles. The van der Waals surface area contributed by atoms with Crippen LogP contribution in [-0.4, -0.2) is 41.6 Å². The third-order valence-electron chi connectivity index (χ3n) is 5.29. The predicted octanol–water partition coefficient (Wildman–Crippen LogP) is 3.28. The van der Waals surface area contributed by atoms with E-state index >= 15 is 0 Å². The topological polar surface area (TPSA) is 85.2 Å². The van der Waals surface area contributed by atoms with E-state index in [1.807, 2.05) is 29.7 Å². The van der Waals surface area contributed by atoms with Gasteiger partial charge in [-0.05, 0) is 43.2 Å². The molecule has 0 bridgehead atoms. The van der Waals surface area contributed by atoms with Crippen LogP contribution in [0.2, 0.25) is 0 Å². The quantitative estimate of drug-likeness (QED) is 0.701. The van der Waals surface area contributed by atoms with Gasteiger partial charge < -0.3 is 19.9 Å². The Morgan fingerprint density at radius 3 is 2.76 bits per heavy atom. The van der Waals surface area contributed by atoms with Crippen LogP contribution in [0.25, 0.3) is 0 Å². The molecule has 7 nitrogen and oxygen atoms in total. The largest absolute Gasteiger partial charge is 0.383 e. The van der Waals surface area contributed by atoms with Gasteiger partial charge in [-0.2, -0.15) is 0 Å². The maximum atomic E-state index is 13.2. The first-order valence-corrected chi connectivity index (χ1v) is 10.2. The Bertz CT molecular complexity index is 902. The zero-order valence-electron chi connectivity index (χ0n) is 17.7. The Morgan fingerprint density at radius 2 is 2.03 bits per heavy atom. The number of anilines is 1. The van der Waals surface area contributed by atoms with E-state index in [1.54, 1.807) is 7.11 Å². The molecule has 0 unspecified atom stereocenters. The van der Waals surface area contributed by atoms with Crippen LogP contribution >= 0.6 is 0 Å². The Labute approximate surface area is 171 Å². The summed E-state index contributed by atoms with van der Waals surface area (Å²) in [5.41, 5.74) is 4.10. The van der Waals surface area contributed by atoms with Crippen molar-refractivity contribution in [2.24, 2.45) is 0 Å². The molecule has 2 aromatic rings. The molecule has 0 radical (unpaired) electrons. The van der Waals surface area contributed by atoms with Gasteiger partial charge in [0.15, 0.2) is 5.82 Å². The number of imidazole rings is 1. The SMILES string of the molecule is COCCNC(=O)c1nc(C(=O)Nc2c(C)cccc2C(C)C)n2c1CCCC2. The fourth-order valence-corrected chi connectivity index (χ4v) is 3.76. The molecule has 0 saturated carbocycles. The minimum atomic E-state index is -0.278. The molecular formula is C22H30N4O3. The normalized spacial score (nSPS) is 13.3. The van der Waals surface area contributed by atoms with Gasteiger partial charge in [0.25, 0.3) is 11.8 Å². The smallest absolute Gasteiger partial charge is 0.291 e. The second-order valence-electron chi connectivity index (χ2n) is 7.74. The van der Waals surface area contributed by atoms with E-state index in [0.29, 0.717) is 31.2 Å². The Kier molecular flexibility index (Phi) is 6.69. The zero-order valence-corrected chi connectivity index (χ0v) is 17.7. The number of hydrogen-bond donors (Lipinski definition) is 2. The fraction of sp³-hybridized carbons (Fsp3) is 0.500. The average molecular weight is 399 g/mol. The Morgan fingerprint density at radius 1 is 1.24 bits per heavy atom. The maximum Gasteiger partial charge on any atom is 0.291 e. The third kappa shape index (κ3) is 4.50. The number of aryl methyl sites for hydroxylation is 1. The van der Waals surface area contributed by atoms with Gasteiger partial charge in [0.2, 0.25) is 0 Å². The average Bonchev–Trinajstić information content (AvgIpc) is 3.09. The van der Waals surface area contributed by atoms with Crippen molar-refractivity contribution in [1.82, 2.24) is 14.9 Å². The van der Waals surface area contributed by atoms with Gasteiger partial charge in [0.1, 0.15) is 5.69 Å². The molecule has 2 heterocycles. The minimum absolute atomic E-state index is 0.259. The number of hydrogen-bond acceptors (Lipinski definition) is 4. The van der Waals surface area contributed by atoms with Crippen molar-refractivity contribution >= 4 is 17.5 Å². The van der Waals surface area contributed by atoms with E-state index in [9.17, 15) is 9.59 Å². The van der Waals surface area contributed by atoms with Crippen LogP contribution in [0.15, 0.2) is 18.2 Å². The number of methoxy groups -OCH3 is 1. The van der Waals surface area contributed by atoms with E-state index in [1.165, 1.54) is 0 Å². The Hall–Kier alpha value is -2.67. The molecule has 1 aliphatic rings. The lowest BCUT2D eigenvalue weighted by atomic mass is 9.98. The van der Waals surface area contributed by atoms with Gasteiger partial charge in [-0.25, -0.2) is 4.98 Å². The number of benzene rings is 1. The summed E-state index contributed by atoms with van der Waals surface area (Å²) in [6.07, 6.45) is 2.70. The highest BCUT2D eigenvalue weighted by Gasteiger charge is 2.28. The summed E-state index contributed by atoms with van der Waals surface area (Å²) in [6.45, 7) is 7.72. The maximum absolute atomic E-state index is 13.2. The molecule has 7 heteroatoms. The minimum Gasteiger partial charge on any atom is -0.383 e. The lowest BCUT2D eigenvalue weighted by molar-refractivity contribution is 0.0931. The molecule has 0 fully saturated rings. The molecule has 0 spiro atoms. The molecule has 3 rings (SSSR count). The molecule has 1 aromatic heterocycles. The number of rotatable bonds is 7. The van der Waals surface area contributed by atoms with Gasteiger partial charge in [-0.3, -0.25) is 9.59 Å². The molecule has 2 amide bonds. The summed E-state index contributed by atoms with van der Waals surface area (Å²) in [4.78, 5) is 30.2. The summed E-state index contributed by atoms with van der Waals surface area (Å²) < 4.78 is 6.89.